The fraction of sp³-hybridized carbons (Fsp3) is 0.300. The van der Waals surface area contributed by atoms with E-state index in [1.165, 1.54) is 19.1 Å². The summed E-state index contributed by atoms with van der Waals surface area (Å²) in [7, 11) is 0. The van der Waals surface area contributed by atoms with Gasteiger partial charge < -0.3 is 10.4 Å². The van der Waals surface area contributed by atoms with Gasteiger partial charge in [-0.3, -0.25) is 14.9 Å². The minimum Gasteiger partial charge on any atom is -0.384 e. The van der Waals surface area contributed by atoms with Crippen LogP contribution in [0.5, 0.6) is 0 Å². The van der Waals surface area contributed by atoms with E-state index < -0.39 is 16.9 Å². The lowest BCUT2D eigenvalue weighted by molar-refractivity contribution is -0.384. The molecule has 0 aliphatic heterocycles. The molecule has 2 N–H and O–H groups in total. The summed E-state index contributed by atoms with van der Waals surface area (Å²) in [5, 5.41) is 22.0. The number of carbonyl (C=O) groups excluding carboxylic acids is 1. The summed E-state index contributed by atoms with van der Waals surface area (Å²) in [4.78, 5) is 21.3. The third-order valence-electron chi connectivity index (χ3n) is 1.99. The Kier molecular flexibility index (Phi) is 3.57. The largest absolute Gasteiger partial charge is 0.384 e. The molecule has 1 atom stereocenters. The average molecular weight is 224 g/mol. The Morgan fingerprint density at radius 3 is 2.69 bits per heavy atom. The first kappa shape index (κ1) is 12.1. The van der Waals surface area contributed by atoms with Crippen molar-refractivity contribution in [3.05, 3.63) is 33.9 Å². The zero-order valence-corrected chi connectivity index (χ0v) is 8.93. The molecule has 0 aliphatic rings. The van der Waals surface area contributed by atoms with Crippen molar-refractivity contribution in [2.45, 2.75) is 20.0 Å². The summed E-state index contributed by atoms with van der Waals surface area (Å²) in [6.45, 7) is 3.00. The maximum Gasteiger partial charge on any atom is 0.293 e. The van der Waals surface area contributed by atoms with E-state index in [1.54, 1.807) is 13.0 Å². The van der Waals surface area contributed by atoms with Gasteiger partial charge in [0.15, 0.2) is 0 Å². The maximum absolute atomic E-state index is 11.2. The molecule has 1 rings (SSSR count). The predicted octanol–water partition coefficient (Wildman–Crippen LogP) is 1.22. The Morgan fingerprint density at radius 2 is 2.19 bits per heavy atom. The Labute approximate surface area is 92.0 Å². The summed E-state index contributed by atoms with van der Waals surface area (Å²) in [6.07, 6.45) is -1.21. The fourth-order valence-electron chi connectivity index (χ4n) is 1.14. The number of hydrogen-bond acceptors (Lipinski definition) is 4. The van der Waals surface area contributed by atoms with Crippen LogP contribution in [0.4, 0.5) is 11.4 Å². The van der Waals surface area contributed by atoms with Crippen molar-refractivity contribution < 1.29 is 14.8 Å². The molecule has 0 radical (unpaired) electrons. The average Bonchev–Trinajstić information content (AvgIpc) is 2.20. The van der Waals surface area contributed by atoms with Crippen molar-refractivity contribution in [3.63, 3.8) is 0 Å². The van der Waals surface area contributed by atoms with E-state index in [1.807, 2.05) is 0 Å². The number of amides is 1. The van der Waals surface area contributed by atoms with Crippen LogP contribution in [0.1, 0.15) is 12.5 Å². The number of nitrogens with one attached hydrogen (secondary N) is 1. The van der Waals surface area contributed by atoms with Crippen LogP contribution in [0.2, 0.25) is 0 Å². The molecule has 0 spiro atoms. The van der Waals surface area contributed by atoms with E-state index in [-0.39, 0.29) is 11.4 Å². The number of carbonyl (C=O) groups is 1. The number of aliphatic hydroxyl groups excluding tert-OH is 1. The third-order valence-corrected chi connectivity index (χ3v) is 1.99. The second-order valence-electron chi connectivity index (χ2n) is 3.44. The molecule has 0 saturated heterocycles. The number of nitro benzene ring substituents is 1. The number of aliphatic hydroxyl groups is 1. The molecule has 1 aromatic rings. The molecule has 0 fully saturated rings. The topological polar surface area (TPSA) is 92.5 Å². The molecule has 6 heteroatoms. The highest BCUT2D eigenvalue weighted by molar-refractivity contribution is 5.95. The third kappa shape index (κ3) is 2.77. The SMILES string of the molecule is Cc1ccc(NC(=O)C(C)O)c([N+](=O)[O-])c1. The van der Waals surface area contributed by atoms with Crippen LogP contribution >= 0.6 is 0 Å². The highest BCUT2D eigenvalue weighted by atomic mass is 16.6. The number of benzene rings is 1. The van der Waals surface area contributed by atoms with E-state index in [0.717, 1.165) is 5.56 Å². The van der Waals surface area contributed by atoms with E-state index in [4.69, 9.17) is 5.11 Å². The molecule has 0 aromatic heterocycles. The first-order chi connectivity index (χ1) is 7.41. The van der Waals surface area contributed by atoms with Crippen molar-refractivity contribution in [1.82, 2.24) is 0 Å². The first-order valence-electron chi connectivity index (χ1n) is 4.66. The fourth-order valence-corrected chi connectivity index (χ4v) is 1.14. The Balaban J connectivity index is 3.04. The quantitative estimate of drug-likeness (QED) is 0.596. The summed E-state index contributed by atoms with van der Waals surface area (Å²) in [5.41, 5.74) is 0.622. The van der Waals surface area contributed by atoms with Crippen LogP contribution < -0.4 is 5.32 Å². The van der Waals surface area contributed by atoms with Crippen LogP contribution in [0.3, 0.4) is 0 Å². The van der Waals surface area contributed by atoms with Gasteiger partial charge in [-0.05, 0) is 25.5 Å². The van der Waals surface area contributed by atoms with Gasteiger partial charge in [0.1, 0.15) is 11.8 Å². The molecule has 0 bridgehead atoms. The highest BCUT2D eigenvalue weighted by Crippen LogP contribution is 2.25. The predicted molar refractivity (Wildman–Crippen MR) is 58.1 cm³/mol. The zero-order valence-electron chi connectivity index (χ0n) is 8.93. The minimum atomic E-state index is -1.21. The van der Waals surface area contributed by atoms with Gasteiger partial charge in [0.2, 0.25) is 0 Å². The summed E-state index contributed by atoms with van der Waals surface area (Å²) >= 11 is 0. The molecule has 1 unspecified atom stereocenters. The lowest BCUT2D eigenvalue weighted by atomic mass is 10.2. The van der Waals surface area contributed by atoms with E-state index >= 15 is 0 Å². The Hall–Kier alpha value is -1.95. The molecular weight excluding hydrogens is 212 g/mol. The van der Waals surface area contributed by atoms with Crippen LogP contribution in [0, 0.1) is 17.0 Å². The summed E-state index contributed by atoms with van der Waals surface area (Å²) < 4.78 is 0. The molecule has 6 nitrogen and oxygen atoms in total. The van der Waals surface area contributed by atoms with E-state index in [0.29, 0.717) is 0 Å². The smallest absolute Gasteiger partial charge is 0.293 e. The number of hydrogen-bond donors (Lipinski definition) is 2. The van der Waals surface area contributed by atoms with Crippen molar-refractivity contribution in [1.29, 1.82) is 0 Å². The van der Waals surface area contributed by atoms with E-state index in [2.05, 4.69) is 5.32 Å². The minimum absolute atomic E-state index is 0.0847. The van der Waals surface area contributed by atoms with Crippen molar-refractivity contribution in [3.8, 4) is 0 Å². The van der Waals surface area contributed by atoms with Gasteiger partial charge in [0, 0.05) is 6.07 Å². The van der Waals surface area contributed by atoms with Gasteiger partial charge in [-0.2, -0.15) is 0 Å². The summed E-state index contributed by atoms with van der Waals surface area (Å²) in [6, 6.07) is 4.44. The lowest BCUT2D eigenvalue weighted by Crippen LogP contribution is -2.24. The Morgan fingerprint density at radius 1 is 1.56 bits per heavy atom. The monoisotopic (exact) mass is 224 g/mol. The molecule has 86 valence electrons. The van der Waals surface area contributed by atoms with Crippen molar-refractivity contribution in [2.24, 2.45) is 0 Å². The number of aryl methyl sites for hydroxylation is 1. The molecule has 0 saturated carbocycles. The maximum atomic E-state index is 11.2. The second kappa shape index (κ2) is 4.71. The van der Waals surface area contributed by atoms with Gasteiger partial charge in [-0.25, -0.2) is 0 Å². The second-order valence-corrected chi connectivity index (χ2v) is 3.44. The van der Waals surface area contributed by atoms with Crippen LogP contribution in [-0.4, -0.2) is 22.0 Å². The van der Waals surface area contributed by atoms with Gasteiger partial charge in [0.25, 0.3) is 11.6 Å². The molecule has 0 heterocycles. The van der Waals surface area contributed by atoms with Gasteiger partial charge in [-0.1, -0.05) is 6.07 Å². The number of nitrogens with zero attached hydrogens (tertiary/aromatic N) is 1. The van der Waals surface area contributed by atoms with Gasteiger partial charge in [0.05, 0.1) is 4.92 Å². The molecule has 1 amide bonds. The number of anilines is 1. The molecule has 1 aromatic carbocycles. The number of rotatable bonds is 3. The molecule has 16 heavy (non-hydrogen) atoms. The standard InChI is InChI=1S/C10H12N2O4/c1-6-3-4-8(9(5-6)12(15)16)11-10(14)7(2)13/h3-5,7,13H,1-2H3,(H,11,14). The van der Waals surface area contributed by atoms with Gasteiger partial charge in [-0.15, -0.1) is 0 Å². The molecule has 0 aliphatic carbocycles. The molecular formula is C10H12N2O4. The normalized spacial score (nSPS) is 11.9. The van der Waals surface area contributed by atoms with Crippen LogP contribution in [-0.2, 0) is 4.79 Å². The van der Waals surface area contributed by atoms with Crippen LogP contribution in [0.25, 0.3) is 0 Å². The first-order valence-corrected chi connectivity index (χ1v) is 4.66. The lowest BCUT2D eigenvalue weighted by Gasteiger charge is -2.07. The van der Waals surface area contributed by atoms with Gasteiger partial charge >= 0.3 is 0 Å². The Bertz CT molecular complexity index is 429. The zero-order chi connectivity index (χ0) is 12.3. The van der Waals surface area contributed by atoms with Crippen molar-refractivity contribution in [2.75, 3.05) is 5.32 Å². The highest BCUT2D eigenvalue weighted by Gasteiger charge is 2.17. The van der Waals surface area contributed by atoms with Crippen LogP contribution in [0.15, 0.2) is 18.2 Å². The van der Waals surface area contributed by atoms with Crippen molar-refractivity contribution >= 4 is 17.3 Å². The summed E-state index contributed by atoms with van der Waals surface area (Å²) in [5.74, 6) is -0.674. The number of nitro groups is 1. The van der Waals surface area contributed by atoms with E-state index in [9.17, 15) is 14.9 Å².